The summed E-state index contributed by atoms with van der Waals surface area (Å²) in [6.07, 6.45) is 4.13. The highest BCUT2D eigenvalue weighted by Gasteiger charge is 2.71. The molecule has 202 valence electrons. The zero-order valence-corrected chi connectivity index (χ0v) is 22.3. The van der Waals surface area contributed by atoms with Crippen molar-refractivity contribution in [3.05, 3.63) is 23.3 Å². The second kappa shape index (κ2) is 7.76. The summed E-state index contributed by atoms with van der Waals surface area (Å²) in [5.41, 5.74) is -1.57. The van der Waals surface area contributed by atoms with Crippen LogP contribution in [0.4, 0.5) is 0 Å². The van der Waals surface area contributed by atoms with Crippen molar-refractivity contribution in [1.82, 2.24) is 0 Å². The van der Waals surface area contributed by atoms with Gasteiger partial charge in [-0.1, -0.05) is 19.4 Å². The molecule has 1 spiro atoms. The van der Waals surface area contributed by atoms with Crippen LogP contribution < -0.4 is 0 Å². The number of carbonyl (C=O) groups is 3. The van der Waals surface area contributed by atoms with E-state index in [0.29, 0.717) is 31.3 Å². The summed E-state index contributed by atoms with van der Waals surface area (Å²) >= 11 is 0. The summed E-state index contributed by atoms with van der Waals surface area (Å²) < 4.78 is 17.7. The van der Waals surface area contributed by atoms with Gasteiger partial charge in [-0.3, -0.25) is 9.59 Å². The van der Waals surface area contributed by atoms with Crippen LogP contribution in [-0.2, 0) is 28.6 Å². The van der Waals surface area contributed by atoms with Crippen LogP contribution in [0.2, 0.25) is 0 Å². The highest BCUT2D eigenvalue weighted by atomic mass is 16.6. The van der Waals surface area contributed by atoms with E-state index >= 15 is 0 Å². The van der Waals surface area contributed by atoms with Gasteiger partial charge in [0.1, 0.15) is 17.8 Å². The van der Waals surface area contributed by atoms with Crippen LogP contribution in [-0.4, -0.2) is 63.0 Å². The monoisotopic (exact) mass is 514 g/mol. The average molecular weight is 515 g/mol. The summed E-state index contributed by atoms with van der Waals surface area (Å²) in [7, 11) is 0. The number of aliphatic hydroxyl groups is 2. The molecule has 0 aromatic heterocycles. The fraction of sp³-hybridized carbons (Fsp3) is 0.759. The van der Waals surface area contributed by atoms with E-state index < -0.39 is 52.2 Å². The number of ether oxygens (including phenoxy) is 3. The zero-order chi connectivity index (χ0) is 26.7. The molecule has 0 aromatic carbocycles. The number of carbonyl (C=O) groups excluding carboxylic acids is 3. The van der Waals surface area contributed by atoms with Gasteiger partial charge in [0, 0.05) is 29.7 Å². The van der Waals surface area contributed by atoms with E-state index in [1.54, 1.807) is 19.1 Å². The third-order valence-electron chi connectivity index (χ3n) is 10.8. The first-order chi connectivity index (χ1) is 17.2. The molecule has 3 aliphatic carbocycles. The maximum Gasteiger partial charge on any atom is 0.334 e. The van der Waals surface area contributed by atoms with Crippen molar-refractivity contribution >= 4 is 17.7 Å². The molecule has 37 heavy (non-hydrogen) atoms. The lowest BCUT2D eigenvalue weighted by molar-refractivity contribution is -0.163. The number of allylic oxidation sites excluding steroid dienone is 1. The fourth-order valence-electron chi connectivity index (χ4n) is 9.14. The molecule has 0 bridgehead atoms. The topological polar surface area (TPSA) is 119 Å². The molecule has 3 heterocycles. The van der Waals surface area contributed by atoms with Crippen LogP contribution in [0.25, 0.3) is 0 Å². The van der Waals surface area contributed by atoms with Crippen LogP contribution in [0.15, 0.2) is 23.3 Å². The Kier molecular flexibility index (Phi) is 5.30. The third-order valence-corrected chi connectivity index (χ3v) is 10.8. The van der Waals surface area contributed by atoms with Gasteiger partial charge in [-0.2, -0.15) is 0 Å². The summed E-state index contributed by atoms with van der Waals surface area (Å²) in [5.74, 6) is -1.98. The predicted octanol–water partition coefficient (Wildman–Crippen LogP) is 2.79. The van der Waals surface area contributed by atoms with Crippen molar-refractivity contribution in [3.63, 3.8) is 0 Å². The standard InChI is InChI=1S/C29H38O8/c1-14-10-19(35-25(14)33)24(32)15(2)23-18(30)11-17-16-6-7-20-26(3,4)36-21-12-22(31)37-29(20,21)13-28(16,34)9-8-27(17,23)5/h10-11,15-16,19-21,23-24,32,34H,6-9,12-13H2,1-5H3/t15-,16+,19+,20+,21-,23+,24-,27+,28+,29-/m1/s1. The van der Waals surface area contributed by atoms with Gasteiger partial charge in [0.05, 0.1) is 23.7 Å². The van der Waals surface area contributed by atoms with Crippen molar-refractivity contribution in [2.45, 2.75) is 108 Å². The Bertz CT molecular complexity index is 1140. The molecule has 8 nitrogen and oxygen atoms in total. The van der Waals surface area contributed by atoms with Crippen molar-refractivity contribution in [1.29, 1.82) is 0 Å². The number of esters is 2. The van der Waals surface area contributed by atoms with Gasteiger partial charge >= 0.3 is 11.9 Å². The first kappa shape index (κ1) is 25.3. The van der Waals surface area contributed by atoms with E-state index in [1.807, 2.05) is 20.8 Å². The Balaban J connectivity index is 1.31. The molecule has 8 heteroatoms. The van der Waals surface area contributed by atoms with Crippen LogP contribution >= 0.6 is 0 Å². The summed E-state index contributed by atoms with van der Waals surface area (Å²) in [6.45, 7) is 9.66. The number of fused-ring (bicyclic) bond motifs is 3. The molecule has 0 amide bonds. The van der Waals surface area contributed by atoms with Gasteiger partial charge in [0.2, 0.25) is 0 Å². The third kappa shape index (κ3) is 3.34. The molecular weight excluding hydrogens is 476 g/mol. The van der Waals surface area contributed by atoms with Gasteiger partial charge in [-0.05, 0) is 69.9 Å². The molecule has 10 atom stereocenters. The lowest BCUT2D eigenvalue weighted by atomic mass is 9.55. The molecule has 4 fully saturated rings. The van der Waals surface area contributed by atoms with Crippen LogP contribution in [0.5, 0.6) is 0 Å². The van der Waals surface area contributed by atoms with Crippen LogP contribution in [0, 0.1) is 29.1 Å². The molecule has 2 N–H and O–H groups in total. The minimum Gasteiger partial charge on any atom is -0.456 e. The lowest BCUT2D eigenvalue weighted by Gasteiger charge is -2.52. The SMILES string of the molecule is CC1=C[C@@H]([C@H](O)[C@H](C)[C@H]2C(=O)C=C3[C@@H]4CC[C@H]5C(C)(C)O[C@@H]6CC(=O)O[C@@]65C[C@@]4(O)CC[C@@]32C)OC1=O. The Morgan fingerprint density at radius 1 is 1.11 bits per heavy atom. The number of ketones is 1. The number of cyclic esters (lactones) is 1. The van der Waals surface area contributed by atoms with E-state index in [-0.39, 0.29) is 36.1 Å². The molecule has 0 unspecified atom stereocenters. The molecule has 0 aromatic rings. The molecule has 6 rings (SSSR count). The first-order valence-corrected chi connectivity index (χ1v) is 13.7. The Labute approximate surface area is 217 Å². The van der Waals surface area contributed by atoms with E-state index in [1.165, 1.54) is 0 Å². The van der Waals surface area contributed by atoms with E-state index in [0.717, 1.165) is 12.0 Å². The minimum absolute atomic E-state index is 0.0429. The molecule has 0 radical (unpaired) electrons. The van der Waals surface area contributed by atoms with Crippen molar-refractivity contribution in [2.24, 2.45) is 29.1 Å². The maximum absolute atomic E-state index is 13.5. The molecule has 2 saturated carbocycles. The van der Waals surface area contributed by atoms with Gasteiger partial charge in [0.15, 0.2) is 5.78 Å². The minimum atomic E-state index is -1.12. The van der Waals surface area contributed by atoms with E-state index in [4.69, 9.17) is 14.2 Å². The van der Waals surface area contributed by atoms with Gasteiger partial charge in [0.25, 0.3) is 0 Å². The smallest absolute Gasteiger partial charge is 0.334 e. The fourth-order valence-corrected chi connectivity index (χ4v) is 9.14. The molecular formula is C29H38O8. The quantitative estimate of drug-likeness (QED) is 0.552. The highest BCUT2D eigenvalue weighted by Crippen LogP contribution is 2.65. The lowest BCUT2D eigenvalue weighted by Crippen LogP contribution is -2.55. The number of rotatable bonds is 3. The molecule has 2 saturated heterocycles. The van der Waals surface area contributed by atoms with Crippen LogP contribution in [0.1, 0.15) is 73.1 Å². The molecule has 6 aliphatic rings. The van der Waals surface area contributed by atoms with Crippen LogP contribution in [0.3, 0.4) is 0 Å². The van der Waals surface area contributed by atoms with Gasteiger partial charge in [-0.15, -0.1) is 0 Å². The summed E-state index contributed by atoms with van der Waals surface area (Å²) in [6, 6.07) is 0. The molecule has 3 aliphatic heterocycles. The van der Waals surface area contributed by atoms with Gasteiger partial charge < -0.3 is 24.4 Å². The Morgan fingerprint density at radius 3 is 2.51 bits per heavy atom. The summed E-state index contributed by atoms with van der Waals surface area (Å²) in [4.78, 5) is 37.8. The van der Waals surface area contributed by atoms with E-state index in [9.17, 15) is 24.6 Å². The number of hydrogen-bond donors (Lipinski definition) is 2. The van der Waals surface area contributed by atoms with Crippen molar-refractivity contribution in [3.8, 4) is 0 Å². The Hall–Kier alpha value is -2.03. The van der Waals surface area contributed by atoms with Gasteiger partial charge in [-0.25, -0.2) is 4.79 Å². The second-order valence-electron chi connectivity index (χ2n) is 13.3. The first-order valence-electron chi connectivity index (χ1n) is 13.7. The van der Waals surface area contributed by atoms with Crippen molar-refractivity contribution < 1.29 is 38.8 Å². The largest absolute Gasteiger partial charge is 0.456 e. The zero-order valence-electron chi connectivity index (χ0n) is 22.3. The number of aliphatic hydroxyl groups excluding tert-OH is 1. The Morgan fingerprint density at radius 2 is 1.84 bits per heavy atom. The average Bonchev–Trinajstić information content (AvgIpc) is 3.40. The van der Waals surface area contributed by atoms with Crippen molar-refractivity contribution in [2.75, 3.05) is 0 Å². The second-order valence-corrected chi connectivity index (χ2v) is 13.3. The maximum atomic E-state index is 13.5. The predicted molar refractivity (Wildman–Crippen MR) is 131 cm³/mol. The number of hydrogen-bond acceptors (Lipinski definition) is 8. The normalized spacial score (nSPS) is 47.5. The summed E-state index contributed by atoms with van der Waals surface area (Å²) in [5, 5.41) is 23.4. The highest BCUT2D eigenvalue weighted by molar-refractivity contribution is 5.97. The van der Waals surface area contributed by atoms with E-state index in [2.05, 4.69) is 6.92 Å².